The van der Waals surface area contributed by atoms with E-state index in [1.807, 2.05) is 31.0 Å². The van der Waals surface area contributed by atoms with Gasteiger partial charge in [0.05, 0.1) is 17.9 Å². The molecule has 4 rings (SSSR count). The van der Waals surface area contributed by atoms with E-state index in [0.717, 1.165) is 22.6 Å². The van der Waals surface area contributed by atoms with Gasteiger partial charge in [-0.2, -0.15) is 5.10 Å². The maximum absolute atomic E-state index is 12.9. The van der Waals surface area contributed by atoms with Gasteiger partial charge in [0.25, 0.3) is 0 Å². The fourth-order valence-corrected chi connectivity index (χ4v) is 5.12. The predicted octanol–water partition coefficient (Wildman–Crippen LogP) is 2.60. The molecule has 2 aromatic rings. The average Bonchev–Trinajstić information content (AvgIpc) is 3.29. The number of thiophene rings is 1. The summed E-state index contributed by atoms with van der Waals surface area (Å²) in [6, 6.07) is 3.33. The Bertz CT molecular complexity index is 879. The lowest BCUT2D eigenvalue weighted by Gasteiger charge is -2.44. The highest BCUT2D eigenvalue weighted by molar-refractivity contribution is 7.14. The summed E-state index contributed by atoms with van der Waals surface area (Å²) in [4.78, 5) is 27.6. The normalized spacial score (nSPS) is 19.7. The molecular weight excluding hydrogens is 366 g/mol. The maximum atomic E-state index is 12.9. The number of hydrogen-bond acceptors (Lipinski definition) is 5. The number of hydrogen-bond donors (Lipinski definition) is 1. The van der Waals surface area contributed by atoms with Crippen LogP contribution >= 0.6 is 11.3 Å². The van der Waals surface area contributed by atoms with Crippen LogP contribution in [0.4, 0.5) is 0 Å². The number of carboxylic acid groups (broad SMARTS) is 1. The van der Waals surface area contributed by atoms with Gasteiger partial charge in [-0.1, -0.05) is 0 Å². The van der Waals surface area contributed by atoms with E-state index < -0.39 is 11.6 Å². The molecule has 2 aliphatic rings. The van der Waals surface area contributed by atoms with Gasteiger partial charge >= 0.3 is 5.97 Å². The number of fused-ring (bicyclic) bond motifs is 2. The number of carbonyl (C=O) groups is 2. The molecule has 144 valence electrons. The highest BCUT2D eigenvalue weighted by atomic mass is 32.1. The Labute approximate surface area is 161 Å². The van der Waals surface area contributed by atoms with E-state index in [0.29, 0.717) is 37.4 Å². The van der Waals surface area contributed by atoms with Gasteiger partial charge in [-0.25, -0.2) is 4.79 Å². The second kappa shape index (κ2) is 6.76. The molecule has 8 heteroatoms. The third kappa shape index (κ3) is 3.17. The number of aryl methyl sites for hydroxylation is 1. The largest absolute Gasteiger partial charge is 0.477 e. The lowest BCUT2D eigenvalue weighted by Crippen LogP contribution is -2.49. The summed E-state index contributed by atoms with van der Waals surface area (Å²) in [5, 5.41) is 13.7. The highest BCUT2D eigenvalue weighted by Gasteiger charge is 2.43. The first-order valence-corrected chi connectivity index (χ1v) is 10.0. The minimum Gasteiger partial charge on any atom is -0.477 e. The van der Waals surface area contributed by atoms with Crippen molar-refractivity contribution in [1.82, 2.24) is 14.7 Å². The maximum Gasteiger partial charge on any atom is 0.345 e. The molecule has 1 N–H and O–H groups in total. The fraction of sp³-hybridized carbons (Fsp3) is 0.526. The lowest BCUT2D eigenvalue weighted by molar-refractivity contribution is -0.143. The summed E-state index contributed by atoms with van der Waals surface area (Å²) >= 11 is 1.35. The van der Waals surface area contributed by atoms with Gasteiger partial charge in [-0.15, -0.1) is 11.3 Å². The quantitative estimate of drug-likeness (QED) is 0.872. The summed E-state index contributed by atoms with van der Waals surface area (Å²) in [7, 11) is 0. The Morgan fingerprint density at radius 1 is 1.37 bits per heavy atom. The third-order valence-electron chi connectivity index (χ3n) is 5.60. The predicted molar refractivity (Wildman–Crippen MR) is 100 cm³/mol. The van der Waals surface area contributed by atoms with Crippen LogP contribution in [0.2, 0.25) is 0 Å². The van der Waals surface area contributed by atoms with Crippen LogP contribution in [0.25, 0.3) is 0 Å². The molecule has 0 bridgehead atoms. The van der Waals surface area contributed by atoms with Crippen molar-refractivity contribution < 1.29 is 19.4 Å². The summed E-state index contributed by atoms with van der Waals surface area (Å²) in [5.74, 6) is -0.832. The van der Waals surface area contributed by atoms with Crippen molar-refractivity contribution >= 4 is 23.2 Å². The van der Waals surface area contributed by atoms with Crippen LogP contribution in [0.3, 0.4) is 0 Å². The van der Waals surface area contributed by atoms with Gasteiger partial charge in [0.1, 0.15) is 10.9 Å². The van der Waals surface area contributed by atoms with Crippen molar-refractivity contribution in [3.63, 3.8) is 0 Å². The smallest absolute Gasteiger partial charge is 0.345 e. The summed E-state index contributed by atoms with van der Waals surface area (Å²) < 4.78 is 7.86. The second-order valence-corrected chi connectivity index (χ2v) is 8.42. The SMILES string of the molecule is Cc1ccn(C(C)C(=O)N2CCC3(CC2)OCCc2sc(C(=O)O)cc23)n1. The van der Waals surface area contributed by atoms with Gasteiger partial charge in [0, 0.05) is 30.6 Å². The molecule has 1 unspecified atom stereocenters. The Morgan fingerprint density at radius 2 is 2.11 bits per heavy atom. The Hall–Kier alpha value is -2.19. The number of aromatic carboxylic acids is 1. The van der Waals surface area contributed by atoms with Crippen LogP contribution < -0.4 is 0 Å². The number of rotatable bonds is 3. The van der Waals surface area contributed by atoms with Crippen LogP contribution in [-0.4, -0.2) is 51.4 Å². The van der Waals surface area contributed by atoms with Crippen molar-refractivity contribution in [3.8, 4) is 0 Å². The molecule has 1 saturated heterocycles. The Morgan fingerprint density at radius 3 is 2.74 bits per heavy atom. The van der Waals surface area contributed by atoms with Gasteiger partial charge < -0.3 is 14.7 Å². The topological polar surface area (TPSA) is 84.7 Å². The highest BCUT2D eigenvalue weighted by Crippen LogP contribution is 2.44. The molecule has 1 fully saturated rings. The van der Waals surface area contributed by atoms with Gasteiger partial charge in [0.15, 0.2) is 0 Å². The molecule has 4 heterocycles. The van der Waals surface area contributed by atoms with E-state index in [2.05, 4.69) is 5.10 Å². The van der Waals surface area contributed by atoms with E-state index >= 15 is 0 Å². The molecule has 0 aliphatic carbocycles. The summed E-state index contributed by atoms with van der Waals surface area (Å²) in [6.07, 6.45) is 3.96. The minimum absolute atomic E-state index is 0.0560. The van der Waals surface area contributed by atoms with E-state index in [1.54, 1.807) is 10.7 Å². The summed E-state index contributed by atoms with van der Waals surface area (Å²) in [5.41, 5.74) is 1.45. The number of likely N-dealkylation sites (tertiary alicyclic amines) is 1. The molecule has 0 saturated carbocycles. The van der Waals surface area contributed by atoms with Crippen molar-refractivity contribution in [1.29, 1.82) is 0 Å². The molecule has 2 aliphatic heterocycles. The molecule has 7 nitrogen and oxygen atoms in total. The van der Waals surface area contributed by atoms with E-state index in [4.69, 9.17) is 4.74 Å². The van der Waals surface area contributed by atoms with Crippen LogP contribution in [0.1, 0.15) is 51.6 Å². The zero-order valence-corrected chi connectivity index (χ0v) is 16.3. The van der Waals surface area contributed by atoms with Crippen molar-refractivity contribution in [2.24, 2.45) is 0 Å². The monoisotopic (exact) mass is 389 g/mol. The molecule has 1 atom stereocenters. The molecule has 1 amide bonds. The minimum atomic E-state index is -0.888. The molecule has 2 aromatic heterocycles. The van der Waals surface area contributed by atoms with Crippen molar-refractivity contribution in [3.05, 3.63) is 39.3 Å². The van der Waals surface area contributed by atoms with Gasteiger partial charge in [-0.3, -0.25) is 9.48 Å². The molecule has 27 heavy (non-hydrogen) atoms. The van der Waals surface area contributed by atoms with E-state index in [9.17, 15) is 14.7 Å². The second-order valence-electron chi connectivity index (χ2n) is 7.28. The first-order valence-electron chi connectivity index (χ1n) is 9.21. The number of aromatic nitrogens is 2. The standard InChI is InChI=1S/C19H23N3O4S/c1-12-3-7-22(20-12)13(2)17(23)21-8-5-19(6-9-21)14-11-16(18(24)25)27-15(14)4-10-26-19/h3,7,11,13H,4-6,8-10H2,1-2H3,(H,24,25). The Balaban J connectivity index is 1.49. The lowest BCUT2D eigenvalue weighted by atomic mass is 9.82. The number of carboxylic acids is 1. The van der Waals surface area contributed by atoms with Gasteiger partial charge in [-0.05, 0) is 44.4 Å². The van der Waals surface area contributed by atoms with E-state index in [1.165, 1.54) is 11.3 Å². The van der Waals surface area contributed by atoms with Crippen LogP contribution in [-0.2, 0) is 21.6 Å². The number of carbonyl (C=O) groups excluding carboxylic acids is 1. The van der Waals surface area contributed by atoms with Crippen molar-refractivity contribution in [2.45, 2.75) is 44.8 Å². The number of nitrogens with zero attached hydrogens (tertiary/aromatic N) is 3. The summed E-state index contributed by atoms with van der Waals surface area (Å²) in [6.45, 7) is 5.57. The average molecular weight is 389 g/mol. The fourth-order valence-electron chi connectivity index (χ4n) is 4.05. The van der Waals surface area contributed by atoms with Crippen molar-refractivity contribution in [2.75, 3.05) is 19.7 Å². The number of amides is 1. The number of piperidine rings is 1. The van der Waals surface area contributed by atoms with E-state index in [-0.39, 0.29) is 11.9 Å². The zero-order chi connectivity index (χ0) is 19.2. The third-order valence-corrected chi connectivity index (χ3v) is 6.78. The van der Waals surface area contributed by atoms with Crippen LogP contribution in [0.5, 0.6) is 0 Å². The first kappa shape index (κ1) is 18.2. The van der Waals surface area contributed by atoms with Crippen LogP contribution in [0.15, 0.2) is 18.3 Å². The molecule has 1 spiro atoms. The zero-order valence-electron chi connectivity index (χ0n) is 15.5. The Kier molecular flexibility index (Phi) is 4.55. The van der Waals surface area contributed by atoms with Crippen LogP contribution in [0, 0.1) is 6.92 Å². The number of ether oxygens (including phenoxy) is 1. The molecule has 0 aromatic carbocycles. The molecule has 0 radical (unpaired) electrons. The van der Waals surface area contributed by atoms with Gasteiger partial charge in [0.2, 0.25) is 5.91 Å². The molecular formula is C19H23N3O4S. The first-order chi connectivity index (χ1) is 12.9.